The van der Waals surface area contributed by atoms with Gasteiger partial charge in [-0.3, -0.25) is 0 Å². The summed E-state index contributed by atoms with van der Waals surface area (Å²) in [6.07, 6.45) is 8.04. The van der Waals surface area contributed by atoms with E-state index in [9.17, 15) is 34.5 Å². The lowest BCUT2D eigenvalue weighted by atomic mass is 10.1. The summed E-state index contributed by atoms with van der Waals surface area (Å²) in [4.78, 5) is 0. The Morgan fingerprint density at radius 2 is 0.647 bits per heavy atom. The van der Waals surface area contributed by atoms with Gasteiger partial charge in [0.2, 0.25) is 25.5 Å². The van der Waals surface area contributed by atoms with E-state index in [1.165, 1.54) is 0 Å². The number of hydrogen-bond donors (Lipinski definition) is 0. The lowest BCUT2D eigenvalue weighted by Gasteiger charge is -2.16. The van der Waals surface area contributed by atoms with E-state index in [2.05, 4.69) is 33.4 Å². The summed E-state index contributed by atoms with van der Waals surface area (Å²) < 4.78 is 139. The monoisotopic (exact) mass is 968 g/mol. The maximum Gasteiger partial charge on any atom is 0.673 e. The molecule has 0 saturated heterocycles. The minimum Gasteiger partial charge on any atom is -0.491 e. The quantitative estimate of drug-likeness (QED) is 0.0947. The molecule has 4 aromatic carbocycles. The first kappa shape index (κ1) is 54.5. The first-order chi connectivity index (χ1) is 32.7. The van der Waals surface area contributed by atoms with Gasteiger partial charge in [-0.25, -0.2) is 0 Å². The van der Waals surface area contributed by atoms with Gasteiger partial charge < -0.3 is 81.9 Å². The Labute approximate surface area is 389 Å². The topological polar surface area (TPSA) is 100 Å². The molecule has 6 aromatic rings. The van der Waals surface area contributed by atoms with Crippen LogP contribution in [-0.2, 0) is 32.0 Å². The number of aryl methyl sites for hydroxylation is 2. The molecule has 0 N–H and O–H groups in total. The molecule has 1 aliphatic heterocycles. The van der Waals surface area contributed by atoms with Crippen molar-refractivity contribution in [2.75, 3.05) is 93.5 Å². The van der Waals surface area contributed by atoms with Gasteiger partial charge >= 0.3 is 14.5 Å². The highest BCUT2D eigenvalue weighted by Crippen LogP contribution is 2.34. The van der Waals surface area contributed by atoms with Crippen molar-refractivity contribution in [2.24, 2.45) is 0 Å². The van der Waals surface area contributed by atoms with Crippen molar-refractivity contribution in [1.82, 2.24) is 0 Å². The van der Waals surface area contributed by atoms with Crippen LogP contribution in [0.2, 0.25) is 0 Å². The van der Waals surface area contributed by atoms with Crippen molar-refractivity contribution in [1.29, 1.82) is 0 Å². The van der Waals surface area contributed by atoms with Crippen LogP contribution in [0.15, 0.2) is 122 Å². The molecule has 2 aromatic heterocycles. The van der Waals surface area contributed by atoms with Gasteiger partial charge in [-0.2, -0.15) is 9.13 Å². The van der Waals surface area contributed by atoms with Gasteiger partial charge in [-0.15, -0.1) is 0 Å². The molecule has 7 rings (SSSR count). The number of rotatable bonds is 5. The van der Waals surface area contributed by atoms with Gasteiger partial charge in [-0.1, -0.05) is 48.5 Å². The van der Waals surface area contributed by atoms with Crippen molar-refractivity contribution < 1.29 is 91.0 Å². The average molecular weight is 969 g/mol. The molecule has 12 nitrogen and oxygen atoms in total. The first-order valence-electron chi connectivity index (χ1n) is 21.4. The molecule has 0 radical (unpaired) electrons. The van der Waals surface area contributed by atoms with Gasteiger partial charge in [0.1, 0.15) is 26.4 Å². The highest BCUT2D eigenvalue weighted by molar-refractivity contribution is 6.50. The SMILES string of the molecule is COc1ccc[n+](CC[n+]2cccc(OC)c2)c1.F[B-](F)(F)F.F[B-](F)(F)F.c1ccc2cc3c(cc2c1)OCCOCCOCCOc1cc2ccccc2cc1OCCOCCOCCO3. The minimum atomic E-state index is -6.00. The summed E-state index contributed by atoms with van der Waals surface area (Å²) >= 11 is 0. The molecule has 0 unspecified atom stereocenters. The standard InChI is InChI=1S/C32H36O8.C14H18N2O2.2BF4/c1-2-6-26-22-30-29(21-25(26)5-1)37-17-13-33-9-10-35-15-19-39-31-23-27-7-3-4-8-28(27)24-32(31)40-20-16-36-12-11-34-14-18-38-30;1-17-13-5-3-7-15(11-13)9-10-16-8-4-6-14(12-16)18-2;2*2-1(3,4)5/h1-8,21-24H,9-20H2;3-8,11-12H,9-10H2,1-2H3;;/q;+2;2*-1. The maximum absolute atomic E-state index is 9.75. The Bertz CT molecular complexity index is 2090. The fourth-order valence-corrected chi connectivity index (χ4v) is 6.08. The van der Waals surface area contributed by atoms with Gasteiger partial charge in [-0.05, 0) is 57.9 Å². The molecule has 0 spiro atoms. The van der Waals surface area contributed by atoms with Crippen LogP contribution < -0.4 is 37.6 Å². The molecule has 0 amide bonds. The van der Waals surface area contributed by atoms with E-state index >= 15 is 0 Å². The molecular weight excluding hydrogens is 914 g/mol. The summed E-state index contributed by atoms with van der Waals surface area (Å²) in [6, 6.07) is 32.1. The van der Waals surface area contributed by atoms with Crippen LogP contribution >= 0.6 is 0 Å². The lowest BCUT2D eigenvalue weighted by Crippen LogP contribution is -2.43. The molecule has 370 valence electrons. The van der Waals surface area contributed by atoms with E-state index < -0.39 is 14.5 Å². The Morgan fingerprint density at radius 3 is 0.897 bits per heavy atom. The number of ether oxygens (including phenoxy) is 10. The van der Waals surface area contributed by atoms with Crippen molar-refractivity contribution in [3.05, 3.63) is 122 Å². The van der Waals surface area contributed by atoms with Crippen LogP contribution in [0.25, 0.3) is 21.5 Å². The highest BCUT2D eigenvalue weighted by Gasteiger charge is 2.21. The van der Waals surface area contributed by atoms with Gasteiger partial charge in [0.25, 0.3) is 0 Å². The average Bonchev–Trinajstić information content (AvgIpc) is 3.31. The molecule has 0 saturated carbocycles. The third kappa shape index (κ3) is 23.1. The number of pyridine rings is 2. The summed E-state index contributed by atoms with van der Waals surface area (Å²) in [7, 11) is -8.65. The van der Waals surface area contributed by atoms with E-state index in [0.29, 0.717) is 102 Å². The predicted octanol–water partition coefficient (Wildman–Crippen LogP) is 8.87. The van der Waals surface area contributed by atoms with Crippen LogP contribution in [0.5, 0.6) is 34.5 Å². The third-order valence-corrected chi connectivity index (χ3v) is 9.06. The second-order valence-electron chi connectivity index (χ2n) is 14.1. The van der Waals surface area contributed by atoms with Gasteiger partial charge in [0.15, 0.2) is 46.9 Å². The van der Waals surface area contributed by atoms with Crippen molar-refractivity contribution in [3.8, 4) is 34.5 Å². The van der Waals surface area contributed by atoms with Crippen molar-refractivity contribution in [2.45, 2.75) is 13.1 Å². The van der Waals surface area contributed by atoms with E-state index in [-0.39, 0.29) is 0 Å². The smallest absolute Gasteiger partial charge is 0.491 e. The molecule has 1 aliphatic rings. The molecule has 0 fully saturated rings. The molecule has 22 heteroatoms. The van der Waals surface area contributed by atoms with E-state index in [1.807, 2.05) is 97.6 Å². The second kappa shape index (κ2) is 29.6. The number of aromatic nitrogens is 2. The van der Waals surface area contributed by atoms with Crippen molar-refractivity contribution >= 4 is 36.1 Å². The van der Waals surface area contributed by atoms with E-state index in [1.54, 1.807) is 14.2 Å². The first-order valence-corrected chi connectivity index (χ1v) is 21.4. The second-order valence-corrected chi connectivity index (χ2v) is 14.1. The largest absolute Gasteiger partial charge is 0.673 e. The molecular formula is C46H54B2F8N2O10. The van der Waals surface area contributed by atoms with Crippen molar-refractivity contribution in [3.63, 3.8) is 0 Å². The number of hydrogen-bond acceptors (Lipinski definition) is 10. The van der Waals surface area contributed by atoms with Crippen LogP contribution in [-0.4, -0.2) is 108 Å². The van der Waals surface area contributed by atoms with Crippen LogP contribution in [0.4, 0.5) is 34.5 Å². The highest BCUT2D eigenvalue weighted by atomic mass is 19.5. The predicted molar refractivity (Wildman–Crippen MR) is 240 cm³/mol. The Balaban J connectivity index is 0.000000295. The fraction of sp³-hybridized carbons (Fsp3) is 0.348. The Morgan fingerprint density at radius 1 is 0.397 bits per heavy atom. The van der Waals surface area contributed by atoms with E-state index in [0.717, 1.165) is 46.1 Å². The number of fused-ring (bicyclic) bond motifs is 4. The fourth-order valence-electron chi connectivity index (χ4n) is 6.08. The molecule has 0 bridgehead atoms. The molecule has 3 heterocycles. The van der Waals surface area contributed by atoms with Gasteiger partial charge in [0, 0.05) is 12.1 Å². The number of nitrogens with zero attached hydrogens (tertiary/aromatic N) is 2. The summed E-state index contributed by atoms with van der Waals surface area (Å²) in [5, 5.41) is 4.34. The minimum absolute atomic E-state index is 0.399. The number of halogens is 8. The zero-order valence-corrected chi connectivity index (χ0v) is 37.6. The zero-order chi connectivity index (χ0) is 49.0. The summed E-state index contributed by atoms with van der Waals surface area (Å²) in [5.74, 6) is 4.47. The maximum atomic E-state index is 9.75. The van der Waals surface area contributed by atoms with Crippen LogP contribution in [0, 0.1) is 0 Å². The lowest BCUT2D eigenvalue weighted by molar-refractivity contribution is -0.778. The molecule has 68 heavy (non-hydrogen) atoms. The van der Waals surface area contributed by atoms with E-state index in [4.69, 9.17) is 47.4 Å². The Hall–Kier alpha value is -6.09. The summed E-state index contributed by atoms with van der Waals surface area (Å²) in [5.41, 5.74) is 0. The zero-order valence-electron chi connectivity index (χ0n) is 37.6. The van der Waals surface area contributed by atoms with Crippen LogP contribution in [0.3, 0.4) is 0 Å². The Kier molecular flexibility index (Phi) is 23.7. The normalized spacial score (nSPS) is 14.6. The molecule has 0 atom stereocenters. The molecule has 0 aliphatic carbocycles. The number of methoxy groups -OCH3 is 2. The third-order valence-electron chi connectivity index (χ3n) is 9.06. The van der Waals surface area contributed by atoms with Gasteiger partial charge in [0.05, 0.1) is 67.1 Å². The number of benzene rings is 4. The van der Waals surface area contributed by atoms with Crippen LogP contribution in [0.1, 0.15) is 0 Å². The summed E-state index contributed by atoms with van der Waals surface area (Å²) in [6.45, 7) is 6.97.